The molecule has 0 amide bonds. The van der Waals surface area contributed by atoms with Crippen LogP contribution in [0.4, 0.5) is 0 Å². The van der Waals surface area contributed by atoms with Gasteiger partial charge >= 0.3 is 5.97 Å². The molecule has 0 saturated heterocycles. The number of esters is 1. The van der Waals surface area contributed by atoms with E-state index in [1.807, 2.05) is 24.3 Å². The van der Waals surface area contributed by atoms with Gasteiger partial charge in [0.1, 0.15) is 12.4 Å². The van der Waals surface area contributed by atoms with E-state index in [0.717, 1.165) is 5.56 Å². The smallest absolute Gasteiger partial charge is 0.307 e. The Kier molecular flexibility index (Phi) is 4.87. The average molecular weight is 219 g/mol. The summed E-state index contributed by atoms with van der Waals surface area (Å²) in [5.74, 6) is 0.322. The number of carbonyl (C=O) groups is 1. The molecule has 0 N–H and O–H groups in total. The average Bonchev–Trinajstić information content (AvgIpc) is 2.34. The Labute approximate surface area is 94.4 Å². The van der Waals surface area contributed by atoms with Crippen molar-refractivity contribution in [2.24, 2.45) is 0 Å². The summed E-state index contributed by atoms with van der Waals surface area (Å²) in [6.45, 7) is 0.175. The van der Waals surface area contributed by atoms with Crippen molar-refractivity contribution in [3.63, 3.8) is 0 Å². The molecule has 0 unspecified atom stereocenters. The second-order valence-electron chi connectivity index (χ2n) is 3.13. The van der Waals surface area contributed by atoms with Gasteiger partial charge in [-0.3, -0.25) is 4.79 Å². The number of ether oxygens (including phenoxy) is 2. The molecule has 1 rings (SSSR count). The molecule has 0 radical (unpaired) electrons. The van der Waals surface area contributed by atoms with Crippen LogP contribution in [0.1, 0.15) is 18.4 Å². The number of rotatable bonds is 5. The van der Waals surface area contributed by atoms with Crippen LogP contribution in [0.25, 0.3) is 0 Å². The molecule has 84 valence electrons. The number of carbonyl (C=O) groups excluding carboxylic acids is 1. The van der Waals surface area contributed by atoms with Crippen LogP contribution in [-0.4, -0.2) is 13.1 Å². The van der Waals surface area contributed by atoms with Crippen molar-refractivity contribution in [1.29, 1.82) is 5.26 Å². The van der Waals surface area contributed by atoms with Gasteiger partial charge in [-0.25, -0.2) is 0 Å². The molecule has 0 aliphatic rings. The van der Waals surface area contributed by atoms with Gasteiger partial charge in [-0.15, -0.1) is 0 Å². The van der Waals surface area contributed by atoms with Gasteiger partial charge in [-0.2, -0.15) is 5.26 Å². The highest BCUT2D eigenvalue weighted by Gasteiger charge is 2.06. The maximum absolute atomic E-state index is 11.2. The minimum Gasteiger partial charge on any atom is -0.496 e. The number of nitrogens with zero attached hydrogens (tertiary/aromatic N) is 1. The SMILES string of the molecule is COc1ccccc1COC(=O)CCC#N. The molecule has 4 nitrogen and oxygen atoms in total. The second kappa shape index (κ2) is 6.46. The van der Waals surface area contributed by atoms with Gasteiger partial charge in [0.2, 0.25) is 0 Å². The molecule has 1 aromatic rings. The van der Waals surface area contributed by atoms with Crippen molar-refractivity contribution in [3.05, 3.63) is 29.8 Å². The van der Waals surface area contributed by atoms with E-state index in [1.54, 1.807) is 13.2 Å². The summed E-state index contributed by atoms with van der Waals surface area (Å²) in [5, 5.41) is 8.30. The first-order valence-electron chi connectivity index (χ1n) is 4.92. The van der Waals surface area contributed by atoms with Gasteiger partial charge in [0.25, 0.3) is 0 Å². The molecule has 1 aromatic carbocycles. The second-order valence-corrected chi connectivity index (χ2v) is 3.13. The lowest BCUT2D eigenvalue weighted by molar-refractivity contribution is -0.144. The predicted molar refractivity (Wildman–Crippen MR) is 57.6 cm³/mol. The van der Waals surface area contributed by atoms with Crippen molar-refractivity contribution >= 4 is 5.97 Å². The molecule has 0 saturated carbocycles. The Bertz CT molecular complexity index is 395. The Morgan fingerprint density at radius 1 is 1.44 bits per heavy atom. The van der Waals surface area contributed by atoms with Gasteiger partial charge in [0.05, 0.1) is 19.6 Å². The summed E-state index contributed by atoms with van der Waals surface area (Å²) in [6, 6.07) is 9.22. The van der Waals surface area contributed by atoms with Crippen LogP contribution in [0.5, 0.6) is 5.75 Å². The minimum atomic E-state index is -0.368. The van der Waals surface area contributed by atoms with Gasteiger partial charge in [0, 0.05) is 12.0 Å². The van der Waals surface area contributed by atoms with Gasteiger partial charge in [0.15, 0.2) is 0 Å². The fourth-order valence-corrected chi connectivity index (χ4v) is 1.21. The van der Waals surface area contributed by atoms with E-state index < -0.39 is 0 Å². The summed E-state index contributed by atoms with van der Waals surface area (Å²) >= 11 is 0. The molecule has 0 atom stereocenters. The molecule has 0 fully saturated rings. The first kappa shape index (κ1) is 12.1. The Hall–Kier alpha value is -2.02. The van der Waals surface area contributed by atoms with E-state index in [1.165, 1.54) is 0 Å². The number of hydrogen-bond acceptors (Lipinski definition) is 4. The minimum absolute atomic E-state index is 0.131. The Balaban J connectivity index is 2.48. The Morgan fingerprint density at radius 2 is 2.19 bits per heavy atom. The van der Waals surface area contributed by atoms with Crippen LogP contribution in [0.3, 0.4) is 0 Å². The molecule has 0 heterocycles. The third-order valence-corrected chi connectivity index (χ3v) is 2.02. The number of benzene rings is 1. The topological polar surface area (TPSA) is 59.3 Å². The number of nitriles is 1. The summed E-state index contributed by atoms with van der Waals surface area (Å²) in [4.78, 5) is 11.2. The third kappa shape index (κ3) is 3.62. The third-order valence-electron chi connectivity index (χ3n) is 2.02. The largest absolute Gasteiger partial charge is 0.496 e. The maximum Gasteiger partial charge on any atom is 0.307 e. The zero-order valence-corrected chi connectivity index (χ0v) is 9.10. The molecule has 0 spiro atoms. The van der Waals surface area contributed by atoms with E-state index in [2.05, 4.69) is 0 Å². The van der Waals surface area contributed by atoms with Crippen LogP contribution in [-0.2, 0) is 16.1 Å². The highest BCUT2D eigenvalue weighted by Crippen LogP contribution is 2.18. The van der Waals surface area contributed by atoms with Crippen molar-refractivity contribution < 1.29 is 14.3 Å². The molecule has 4 heteroatoms. The zero-order valence-electron chi connectivity index (χ0n) is 9.10. The van der Waals surface area contributed by atoms with Crippen LogP contribution in [0, 0.1) is 11.3 Å². The maximum atomic E-state index is 11.2. The zero-order chi connectivity index (χ0) is 11.8. The molecule has 0 bridgehead atoms. The summed E-state index contributed by atoms with van der Waals surface area (Å²) < 4.78 is 10.1. The predicted octanol–water partition coefficient (Wildman–Crippen LogP) is 2.04. The lowest BCUT2D eigenvalue weighted by Gasteiger charge is -2.08. The van der Waals surface area contributed by atoms with E-state index in [9.17, 15) is 4.79 Å². The van der Waals surface area contributed by atoms with Crippen LogP contribution in [0.15, 0.2) is 24.3 Å². The van der Waals surface area contributed by atoms with Crippen LogP contribution in [0.2, 0.25) is 0 Å². The number of hydrogen-bond donors (Lipinski definition) is 0. The van der Waals surface area contributed by atoms with E-state index in [4.69, 9.17) is 14.7 Å². The summed E-state index contributed by atoms with van der Waals surface area (Å²) in [7, 11) is 1.57. The van der Waals surface area contributed by atoms with Gasteiger partial charge in [-0.05, 0) is 6.07 Å². The van der Waals surface area contributed by atoms with Crippen molar-refractivity contribution in [3.8, 4) is 11.8 Å². The molecule has 0 aromatic heterocycles. The highest BCUT2D eigenvalue weighted by molar-refractivity contribution is 5.69. The monoisotopic (exact) mass is 219 g/mol. The van der Waals surface area contributed by atoms with Crippen molar-refractivity contribution in [2.75, 3.05) is 7.11 Å². The van der Waals surface area contributed by atoms with Gasteiger partial charge < -0.3 is 9.47 Å². The van der Waals surface area contributed by atoms with E-state index >= 15 is 0 Å². The fourth-order valence-electron chi connectivity index (χ4n) is 1.21. The standard InChI is InChI=1S/C12H13NO3/c1-15-11-6-3-2-5-10(11)9-16-12(14)7-4-8-13/h2-3,5-6H,4,7,9H2,1H3. The van der Waals surface area contributed by atoms with Crippen molar-refractivity contribution in [1.82, 2.24) is 0 Å². The Morgan fingerprint density at radius 3 is 2.88 bits per heavy atom. The van der Waals surface area contributed by atoms with Crippen LogP contribution < -0.4 is 4.74 Å². The summed E-state index contributed by atoms with van der Waals surface area (Å²) in [5.41, 5.74) is 0.815. The first-order chi connectivity index (χ1) is 7.77. The quantitative estimate of drug-likeness (QED) is 0.711. The highest BCUT2D eigenvalue weighted by atomic mass is 16.5. The van der Waals surface area contributed by atoms with E-state index in [-0.39, 0.29) is 25.4 Å². The van der Waals surface area contributed by atoms with Crippen LogP contribution >= 0.6 is 0 Å². The molecule has 0 aliphatic heterocycles. The first-order valence-corrected chi connectivity index (χ1v) is 4.92. The number of methoxy groups -OCH3 is 1. The molecular weight excluding hydrogens is 206 g/mol. The lowest BCUT2D eigenvalue weighted by Crippen LogP contribution is -2.04. The summed E-state index contributed by atoms with van der Waals surface area (Å²) in [6.07, 6.45) is 0.316. The normalized spacial score (nSPS) is 9.25. The molecule has 16 heavy (non-hydrogen) atoms. The van der Waals surface area contributed by atoms with Crippen molar-refractivity contribution in [2.45, 2.75) is 19.4 Å². The molecular formula is C12H13NO3. The lowest BCUT2D eigenvalue weighted by atomic mass is 10.2. The number of para-hydroxylation sites is 1. The molecule has 0 aliphatic carbocycles. The van der Waals surface area contributed by atoms with E-state index in [0.29, 0.717) is 5.75 Å². The fraction of sp³-hybridized carbons (Fsp3) is 0.333. The van der Waals surface area contributed by atoms with Gasteiger partial charge in [-0.1, -0.05) is 18.2 Å².